The molecule has 0 amide bonds. The lowest BCUT2D eigenvalue weighted by Crippen LogP contribution is -2.74. The SMILES string of the molecule is C=C(C)C(=O)OC12CC3CCC4(CC(C1)C24)C3=O. The standard InChI is InChI=1S/C15H18O3/c1-8(2)13(17)18-15-6-9-3-4-14(12(9)16)5-10(7-15)11(14)15/h9-11H,1,3-7H2,2H3. The highest BCUT2D eigenvalue weighted by atomic mass is 16.6. The quantitative estimate of drug-likeness (QED) is 0.554. The zero-order valence-corrected chi connectivity index (χ0v) is 10.7. The van der Waals surface area contributed by atoms with Crippen LogP contribution in [0.1, 0.15) is 39.0 Å². The molecule has 4 aliphatic rings. The predicted molar refractivity (Wildman–Crippen MR) is 64.6 cm³/mol. The molecule has 1 spiro atoms. The minimum Gasteiger partial charge on any atom is -0.455 e. The van der Waals surface area contributed by atoms with Gasteiger partial charge in [-0.3, -0.25) is 4.79 Å². The Morgan fingerprint density at radius 1 is 1.39 bits per heavy atom. The van der Waals surface area contributed by atoms with Crippen LogP contribution in [-0.4, -0.2) is 17.4 Å². The molecule has 0 saturated heterocycles. The predicted octanol–water partition coefficient (Wildman–Crippen LogP) is 2.25. The van der Waals surface area contributed by atoms with Crippen LogP contribution in [0.2, 0.25) is 0 Å². The van der Waals surface area contributed by atoms with E-state index in [0.717, 1.165) is 32.1 Å². The number of carbonyl (C=O) groups is 2. The van der Waals surface area contributed by atoms with E-state index >= 15 is 0 Å². The van der Waals surface area contributed by atoms with Crippen molar-refractivity contribution in [1.82, 2.24) is 0 Å². The number of fused-ring (bicyclic) bond motifs is 1. The molecule has 4 fully saturated rings. The van der Waals surface area contributed by atoms with E-state index in [1.807, 2.05) is 0 Å². The summed E-state index contributed by atoms with van der Waals surface area (Å²) in [6.45, 7) is 5.35. The zero-order chi connectivity index (χ0) is 12.7. The van der Waals surface area contributed by atoms with Gasteiger partial charge in [0.15, 0.2) is 0 Å². The van der Waals surface area contributed by atoms with Crippen LogP contribution in [0, 0.1) is 23.2 Å². The average molecular weight is 246 g/mol. The van der Waals surface area contributed by atoms with E-state index in [4.69, 9.17) is 4.74 Å². The molecule has 0 aliphatic heterocycles. The van der Waals surface area contributed by atoms with E-state index in [9.17, 15) is 9.59 Å². The van der Waals surface area contributed by atoms with Gasteiger partial charge in [-0.05, 0) is 44.9 Å². The van der Waals surface area contributed by atoms with Gasteiger partial charge in [-0.1, -0.05) is 6.58 Å². The molecular weight excluding hydrogens is 228 g/mol. The number of ether oxygens (including phenoxy) is 1. The van der Waals surface area contributed by atoms with Crippen molar-refractivity contribution in [2.45, 2.75) is 44.6 Å². The van der Waals surface area contributed by atoms with Gasteiger partial charge in [0.1, 0.15) is 11.4 Å². The highest BCUT2D eigenvalue weighted by molar-refractivity contribution is 5.93. The summed E-state index contributed by atoms with van der Waals surface area (Å²) in [6, 6.07) is 0. The summed E-state index contributed by atoms with van der Waals surface area (Å²) >= 11 is 0. The lowest BCUT2D eigenvalue weighted by atomic mass is 9.35. The van der Waals surface area contributed by atoms with Gasteiger partial charge < -0.3 is 4.74 Å². The molecule has 0 aromatic rings. The molecule has 0 aromatic heterocycles. The third-order valence-corrected chi connectivity index (χ3v) is 5.90. The fraction of sp³-hybridized carbons (Fsp3) is 0.733. The summed E-state index contributed by atoms with van der Waals surface area (Å²) in [4.78, 5) is 24.2. The summed E-state index contributed by atoms with van der Waals surface area (Å²) in [5, 5.41) is 0. The first kappa shape index (κ1) is 10.8. The highest BCUT2D eigenvalue weighted by Gasteiger charge is 2.79. The number of carbonyl (C=O) groups excluding carboxylic acids is 2. The third kappa shape index (κ3) is 0.952. The van der Waals surface area contributed by atoms with Gasteiger partial charge in [0, 0.05) is 22.8 Å². The molecule has 0 aromatic carbocycles. The van der Waals surface area contributed by atoms with Crippen LogP contribution >= 0.6 is 0 Å². The fourth-order valence-corrected chi connectivity index (χ4v) is 5.38. The van der Waals surface area contributed by atoms with Crippen molar-refractivity contribution < 1.29 is 14.3 Å². The van der Waals surface area contributed by atoms with E-state index in [0.29, 0.717) is 23.2 Å². The Morgan fingerprint density at radius 3 is 2.83 bits per heavy atom. The first-order chi connectivity index (χ1) is 8.48. The number of esters is 1. The lowest BCUT2D eigenvalue weighted by molar-refractivity contribution is -0.276. The first-order valence-corrected chi connectivity index (χ1v) is 6.92. The number of rotatable bonds is 2. The molecule has 0 radical (unpaired) electrons. The first-order valence-electron chi connectivity index (χ1n) is 6.92. The molecule has 3 nitrogen and oxygen atoms in total. The summed E-state index contributed by atoms with van der Waals surface area (Å²) in [7, 11) is 0. The highest BCUT2D eigenvalue weighted by Crippen LogP contribution is 2.77. The summed E-state index contributed by atoms with van der Waals surface area (Å²) in [5.74, 6) is 1.32. The largest absolute Gasteiger partial charge is 0.455 e. The van der Waals surface area contributed by atoms with Crippen LogP contribution in [0.5, 0.6) is 0 Å². The number of hydrogen-bond acceptors (Lipinski definition) is 3. The molecule has 96 valence electrons. The van der Waals surface area contributed by atoms with E-state index in [2.05, 4.69) is 6.58 Å². The lowest BCUT2D eigenvalue weighted by Gasteiger charge is -2.71. The molecular formula is C15H18O3. The average Bonchev–Trinajstić information content (AvgIpc) is 2.56. The Kier molecular flexibility index (Phi) is 1.73. The second-order valence-corrected chi connectivity index (χ2v) is 6.84. The topological polar surface area (TPSA) is 43.4 Å². The Balaban J connectivity index is 1.67. The minimum absolute atomic E-state index is 0.0960. The molecule has 4 saturated carbocycles. The van der Waals surface area contributed by atoms with Crippen molar-refractivity contribution in [3.05, 3.63) is 12.2 Å². The molecule has 0 heterocycles. The molecule has 4 rings (SSSR count). The second kappa shape index (κ2) is 2.89. The maximum Gasteiger partial charge on any atom is 0.333 e. The van der Waals surface area contributed by atoms with Gasteiger partial charge in [0.25, 0.3) is 0 Å². The number of Topliss-reactive ketones (excluding diaryl/α,β-unsaturated/α-hetero) is 1. The number of ketones is 1. The van der Waals surface area contributed by atoms with Crippen LogP contribution in [0.3, 0.4) is 0 Å². The van der Waals surface area contributed by atoms with Gasteiger partial charge >= 0.3 is 5.97 Å². The van der Waals surface area contributed by atoms with Crippen LogP contribution < -0.4 is 0 Å². The molecule has 0 N–H and O–H groups in total. The van der Waals surface area contributed by atoms with Crippen LogP contribution in [0.25, 0.3) is 0 Å². The van der Waals surface area contributed by atoms with Gasteiger partial charge in [0.2, 0.25) is 0 Å². The van der Waals surface area contributed by atoms with Gasteiger partial charge in [-0.15, -0.1) is 0 Å². The molecule has 18 heavy (non-hydrogen) atoms. The summed E-state index contributed by atoms with van der Waals surface area (Å²) in [6.07, 6.45) is 4.84. The van der Waals surface area contributed by atoms with Gasteiger partial charge in [-0.25, -0.2) is 4.79 Å². The van der Waals surface area contributed by atoms with Crippen molar-refractivity contribution in [2.75, 3.05) is 0 Å². The Morgan fingerprint density at radius 2 is 2.17 bits per heavy atom. The van der Waals surface area contributed by atoms with E-state index in [1.54, 1.807) is 6.92 Å². The van der Waals surface area contributed by atoms with Crippen LogP contribution in [-0.2, 0) is 14.3 Å². The Bertz CT molecular complexity index is 490. The number of hydrogen-bond donors (Lipinski definition) is 0. The minimum atomic E-state index is -0.311. The fourth-order valence-electron chi connectivity index (χ4n) is 5.38. The Hall–Kier alpha value is -1.12. The Labute approximate surface area is 107 Å². The summed E-state index contributed by atoms with van der Waals surface area (Å²) < 4.78 is 5.77. The smallest absolute Gasteiger partial charge is 0.333 e. The van der Waals surface area contributed by atoms with E-state index in [1.165, 1.54) is 0 Å². The van der Waals surface area contributed by atoms with Crippen molar-refractivity contribution in [1.29, 1.82) is 0 Å². The molecule has 5 unspecified atom stereocenters. The monoisotopic (exact) mass is 246 g/mol. The van der Waals surface area contributed by atoms with Crippen molar-refractivity contribution >= 4 is 11.8 Å². The van der Waals surface area contributed by atoms with Crippen molar-refractivity contribution in [3.8, 4) is 0 Å². The van der Waals surface area contributed by atoms with Gasteiger partial charge in [0.05, 0.1) is 0 Å². The third-order valence-electron chi connectivity index (χ3n) is 5.90. The summed E-state index contributed by atoms with van der Waals surface area (Å²) in [5.41, 5.74) is 0.0559. The molecule has 3 heteroatoms. The second-order valence-electron chi connectivity index (χ2n) is 6.84. The normalized spacial score (nSPS) is 50.9. The maximum absolute atomic E-state index is 12.3. The molecule has 5 atom stereocenters. The van der Waals surface area contributed by atoms with Crippen LogP contribution in [0.15, 0.2) is 12.2 Å². The maximum atomic E-state index is 12.3. The molecule has 4 aliphatic carbocycles. The van der Waals surface area contributed by atoms with Crippen LogP contribution in [0.4, 0.5) is 0 Å². The van der Waals surface area contributed by atoms with Crippen molar-refractivity contribution in [3.63, 3.8) is 0 Å². The zero-order valence-electron chi connectivity index (χ0n) is 10.7. The molecule has 2 bridgehead atoms. The van der Waals surface area contributed by atoms with Crippen molar-refractivity contribution in [2.24, 2.45) is 23.2 Å². The van der Waals surface area contributed by atoms with E-state index in [-0.39, 0.29) is 22.9 Å². The van der Waals surface area contributed by atoms with Gasteiger partial charge in [-0.2, -0.15) is 0 Å². The van der Waals surface area contributed by atoms with E-state index < -0.39 is 0 Å².